The van der Waals surface area contributed by atoms with E-state index in [9.17, 15) is 0 Å². The highest BCUT2D eigenvalue weighted by Crippen LogP contribution is 2.42. The molecule has 0 bridgehead atoms. The Balaban J connectivity index is 1.86. The Kier molecular flexibility index (Phi) is 4.94. The molecular weight excluding hydrogens is 390 g/mol. The Bertz CT molecular complexity index is 1200. The van der Waals surface area contributed by atoms with E-state index in [1.807, 2.05) is 36.0 Å². The van der Waals surface area contributed by atoms with Gasteiger partial charge in [0.1, 0.15) is 22.8 Å². The Morgan fingerprint density at radius 3 is 2.48 bits per heavy atom. The van der Waals surface area contributed by atoms with E-state index in [4.69, 9.17) is 31.5 Å². The molecule has 0 aliphatic rings. The number of halogens is 1. The third-order valence-electron chi connectivity index (χ3n) is 4.70. The van der Waals surface area contributed by atoms with Gasteiger partial charge in [0.2, 0.25) is 5.88 Å². The van der Waals surface area contributed by atoms with E-state index in [0.717, 1.165) is 22.0 Å². The van der Waals surface area contributed by atoms with Crippen LogP contribution in [-0.2, 0) is 7.05 Å². The molecular formula is C22H20ClN3O3. The predicted octanol–water partition coefficient (Wildman–Crippen LogP) is 5.29. The van der Waals surface area contributed by atoms with Crippen molar-refractivity contribution in [2.45, 2.75) is 0 Å². The molecule has 0 unspecified atom stereocenters. The number of hydrogen-bond acceptors (Lipinski definition) is 5. The average Bonchev–Trinajstić information content (AvgIpc) is 3.07. The van der Waals surface area contributed by atoms with Crippen molar-refractivity contribution in [3.05, 3.63) is 59.9 Å². The molecule has 2 heterocycles. The minimum absolute atomic E-state index is 0.455. The third kappa shape index (κ3) is 3.43. The summed E-state index contributed by atoms with van der Waals surface area (Å²) < 4.78 is 18.8. The first-order chi connectivity index (χ1) is 14.0. The molecule has 2 aromatic heterocycles. The number of pyridine rings is 1. The van der Waals surface area contributed by atoms with Crippen LogP contribution in [-0.4, -0.2) is 23.8 Å². The molecule has 0 fully saturated rings. The maximum absolute atomic E-state index is 6.37. The number of rotatable bonds is 5. The minimum Gasteiger partial charge on any atom is -0.497 e. The van der Waals surface area contributed by atoms with Gasteiger partial charge in [0, 0.05) is 47.7 Å². The zero-order chi connectivity index (χ0) is 20.5. The summed E-state index contributed by atoms with van der Waals surface area (Å²) in [4.78, 5) is 4.30. The van der Waals surface area contributed by atoms with Crippen LogP contribution >= 0.6 is 11.6 Å². The average molecular weight is 410 g/mol. The molecule has 7 heteroatoms. The van der Waals surface area contributed by atoms with E-state index in [0.29, 0.717) is 33.8 Å². The number of ether oxygens (including phenoxy) is 3. The molecule has 0 aliphatic carbocycles. The standard InChI is InChI=1S/C22H20ClN3O3/c1-26-12-17(15-8-9-25-22(28-3)21(15)26)16-10-13(24)4-6-19(16)29-20-7-5-14(27-2)11-18(20)23/h4-12H,24H2,1-3H3. The highest BCUT2D eigenvalue weighted by molar-refractivity contribution is 6.32. The van der Waals surface area contributed by atoms with Gasteiger partial charge in [-0.15, -0.1) is 0 Å². The van der Waals surface area contributed by atoms with Crippen LogP contribution in [0.3, 0.4) is 0 Å². The summed E-state index contributed by atoms with van der Waals surface area (Å²) in [6.45, 7) is 0. The fourth-order valence-corrected chi connectivity index (χ4v) is 3.55. The zero-order valence-corrected chi connectivity index (χ0v) is 17.0. The van der Waals surface area contributed by atoms with Gasteiger partial charge in [0.15, 0.2) is 0 Å². The largest absolute Gasteiger partial charge is 0.497 e. The van der Waals surface area contributed by atoms with Crippen molar-refractivity contribution in [2.24, 2.45) is 7.05 Å². The normalized spacial score (nSPS) is 10.9. The lowest BCUT2D eigenvalue weighted by molar-refractivity contribution is 0.401. The SMILES string of the molecule is COc1ccc(Oc2ccc(N)cc2-c2cn(C)c3c(OC)nccc23)c(Cl)c1. The molecule has 0 aliphatic heterocycles. The van der Waals surface area contributed by atoms with Crippen LogP contribution in [0.15, 0.2) is 54.9 Å². The maximum atomic E-state index is 6.37. The first-order valence-corrected chi connectivity index (χ1v) is 9.29. The second-order valence-corrected chi connectivity index (χ2v) is 6.93. The number of aromatic nitrogens is 2. The van der Waals surface area contributed by atoms with Crippen molar-refractivity contribution in [2.75, 3.05) is 20.0 Å². The molecule has 6 nitrogen and oxygen atoms in total. The van der Waals surface area contributed by atoms with Crippen molar-refractivity contribution in [1.29, 1.82) is 0 Å². The van der Waals surface area contributed by atoms with Crippen molar-refractivity contribution in [3.8, 4) is 34.3 Å². The molecule has 2 aromatic carbocycles. The number of hydrogen-bond donors (Lipinski definition) is 1. The molecule has 4 aromatic rings. The van der Waals surface area contributed by atoms with Gasteiger partial charge in [-0.2, -0.15) is 0 Å². The predicted molar refractivity (Wildman–Crippen MR) is 115 cm³/mol. The number of nitrogen functional groups attached to an aromatic ring is 1. The topological polar surface area (TPSA) is 71.5 Å². The lowest BCUT2D eigenvalue weighted by atomic mass is 10.0. The molecule has 0 spiro atoms. The molecule has 0 saturated heterocycles. The summed E-state index contributed by atoms with van der Waals surface area (Å²) in [7, 11) is 5.15. The number of benzene rings is 2. The molecule has 2 N–H and O–H groups in total. The fourth-order valence-electron chi connectivity index (χ4n) is 3.34. The fraction of sp³-hybridized carbons (Fsp3) is 0.136. The van der Waals surface area contributed by atoms with Crippen LogP contribution in [0.25, 0.3) is 22.0 Å². The summed E-state index contributed by atoms with van der Waals surface area (Å²) in [6.07, 6.45) is 3.73. The van der Waals surface area contributed by atoms with Crippen LogP contribution in [0.2, 0.25) is 5.02 Å². The number of nitrogens with two attached hydrogens (primary N) is 1. The summed E-state index contributed by atoms with van der Waals surface area (Å²) in [5, 5.41) is 1.44. The molecule has 0 saturated carbocycles. The Hall–Kier alpha value is -3.38. The van der Waals surface area contributed by atoms with Crippen LogP contribution < -0.4 is 19.9 Å². The second-order valence-electron chi connectivity index (χ2n) is 6.52. The zero-order valence-electron chi connectivity index (χ0n) is 16.3. The maximum Gasteiger partial charge on any atom is 0.238 e. The lowest BCUT2D eigenvalue weighted by Gasteiger charge is -2.13. The van der Waals surface area contributed by atoms with Gasteiger partial charge in [0.05, 0.1) is 19.2 Å². The third-order valence-corrected chi connectivity index (χ3v) is 5.00. The highest BCUT2D eigenvalue weighted by Gasteiger charge is 2.18. The number of nitrogens with zero attached hydrogens (tertiary/aromatic N) is 2. The van der Waals surface area contributed by atoms with Gasteiger partial charge in [-0.05, 0) is 36.4 Å². The van der Waals surface area contributed by atoms with E-state index >= 15 is 0 Å². The Morgan fingerprint density at radius 1 is 0.966 bits per heavy atom. The summed E-state index contributed by atoms with van der Waals surface area (Å²) in [5.41, 5.74) is 9.41. The van der Waals surface area contributed by atoms with Gasteiger partial charge >= 0.3 is 0 Å². The van der Waals surface area contributed by atoms with E-state index in [2.05, 4.69) is 4.98 Å². The molecule has 0 amide bonds. The quantitative estimate of drug-likeness (QED) is 0.454. The van der Waals surface area contributed by atoms with Crippen LogP contribution in [0.4, 0.5) is 5.69 Å². The van der Waals surface area contributed by atoms with Gasteiger partial charge in [-0.3, -0.25) is 0 Å². The van der Waals surface area contributed by atoms with Crippen LogP contribution in [0, 0.1) is 0 Å². The Labute approximate surface area is 173 Å². The van der Waals surface area contributed by atoms with E-state index < -0.39 is 0 Å². The van der Waals surface area contributed by atoms with E-state index in [1.165, 1.54) is 0 Å². The van der Waals surface area contributed by atoms with Crippen molar-refractivity contribution >= 4 is 28.2 Å². The van der Waals surface area contributed by atoms with Gasteiger partial charge in [-0.25, -0.2) is 4.98 Å². The monoisotopic (exact) mass is 409 g/mol. The van der Waals surface area contributed by atoms with Crippen molar-refractivity contribution < 1.29 is 14.2 Å². The second kappa shape index (κ2) is 7.56. The van der Waals surface area contributed by atoms with Gasteiger partial charge in [-0.1, -0.05) is 11.6 Å². The summed E-state index contributed by atoms with van der Waals surface area (Å²) in [5.74, 6) is 2.38. The van der Waals surface area contributed by atoms with Crippen LogP contribution in [0.5, 0.6) is 23.1 Å². The molecule has 0 atom stereocenters. The molecule has 0 radical (unpaired) electrons. The first kappa shape index (κ1) is 19.0. The minimum atomic E-state index is 0.455. The lowest BCUT2D eigenvalue weighted by Crippen LogP contribution is -1.93. The number of methoxy groups -OCH3 is 2. The molecule has 29 heavy (non-hydrogen) atoms. The smallest absolute Gasteiger partial charge is 0.238 e. The number of anilines is 1. The number of aryl methyl sites for hydroxylation is 1. The van der Waals surface area contributed by atoms with E-state index in [1.54, 1.807) is 44.7 Å². The Morgan fingerprint density at radius 2 is 1.76 bits per heavy atom. The highest BCUT2D eigenvalue weighted by atomic mass is 35.5. The number of fused-ring (bicyclic) bond motifs is 1. The summed E-state index contributed by atoms with van der Waals surface area (Å²) >= 11 is 6.37. The van der Waals surface area contributed by atoms with Gasteiger partial charge in [0.25, 0.3) is 0 Å². The molecule has 4 rings (SSSR count). The van der Waals surface area contributed by atoms with Crippen molar-refractivity contribution in [3.63, 3.8) is 0 Å². The van der Waals surface area contributed by atoms with Gasteiger partial charge < -0.3 is 24.5 Å². The van der Waals surface area contributed by atoms with E-state index in [-0.39, 0.29) is 0 Å². The molecule has 148 valence electrons. The summed E-state index contributed by atoms with van der Waals surface area (Å²) in [6, 6.07) is 12.7. The van der Waals surface area contributed by atoms with Crippen molar-refractivity contribution in [1.82, 2.24) is 9.55 Å². The van der Waals surface area contributed by atoms with Crippen LogP contribution in [0.1, 0.15) is 0 Å². The first-order valence-electron chi connectivity index (χ1n) is 8.91.